The van der Waals surface area contributed by atoms with Crippen LogP contribution in [-0.4, -0.2) is 5.97 Å². The zero-order valence-electron chi connectivity index (χ0n) is 3.88. The first kappa shape index (κ1) is 4.21. The summed E-state index contributed by atoms with van der Waals surface area (Å²) in [6.45, 7) is 1.96. The lowest BCUT2D eigenvalue weighted by Crippen LogP contribution is -2.53. The third-order valence-electron chi connectivity index (χ3n) is 1.07. The van der Waals surface area contributed by atoms with Gasteiger partial charge in [-0.05, 0) is 0 Å². The van der Waals surface area contributed by atoms with Crippen LogP contribution in [0, 0.1) is 0 Å². The highest BCUT2D eigenvalue weighted by molar-refractivity contribution is 7.45. The van der Waals surface area contributed by atoms with Crippen molar-refractivity contribution in [1.29, 1.82) is 0 Å². The van der Waals surface area contributed by atoms with E-state index in [2.05, 4.69) is 0 Å². The molecule has 3 heterocycles. The largest absolute Gasteiger partial charge is 0.346 e. The Hall–Kier alpha value is 0.310. The first-order valence-corrected chi connectivity index (χ1v) is 3.32. The molecular weight excluding hydrogens is 115 g/mol. The van der Waals surface area contributed by atoms with Crippen LogP contribution in [0.4, 0.5) is 0 Å². The number of hydrogen-bond acceptors (Lipinski definition) is 3. The van der Waals surface area contributed by atoms with Crippen molar-refractivity contribution in [3.05, 3.63) is 0 Å². The molecule has 3 aliphatic rings. The fraction of sp³-hybridized carbons (Fsp3) is 1.00. The fourth-order valence-corrected chi connectivity index (χ4v) is 1.66. The maximum atomic E-state index is 4.98. The summed E-state index contributed by atoms with van der Waals surface area (Å²) in [6, 6.07) is 0. The molecule has 0 saturated carbocycles. The Bertz CT molecular complexity index is 81.3. The van der Waals surface area contributed by atoms with Gasteiger partial charge in [-0.25, -0.2) is 0 Å². The fourth-order valence-electron chi connectivity index (χ4n) is 0.555. The van der Waals surface area contributed by atoms with Crippen molar-refractivity contribution in [3.8, 4) is 0 Å². The lowest BCUT2D eigenvalue weighted by molar-refractivity contribution is -0.411. The van der Waals surface area contributed by atoms with E-state index >= 15 is 0 Å². The average Bonchev–Trinajstić information content (AvgIpc) is 1.25. The molecule has 0 aromatic heterocycles. The van der Waals surface area contributed by atoms with Gasteiger partial charge >= 0.3 is 14.6 Å². The summed E-state index contributed by atoms with van der Waals surface area (Å²) in [6.07, 6.45) is 0.797. The SMILES string of the molecule is CCC12OP(O1)O2. The molecule has 4 heteroatoms. The van der Waals surface area contributed by atoms with Crippen LogP contribution in [0.2, 0.25) is 0 Å². The molecule has 3 saturated heterocycles. The molecule has 3 aliphatic heterocycles. The molecule has 0 atom stereocenters. The molecule has 0 aliphatic carbocycles. The van der Waals surface area contributed by atoms with Crippen molar-refractivity contribution in [1.82, 2.24) is 0 Å². The number of hydrogen-bond donors (Lipinski definition) is 0. The van der Waals surface area contributed by atoms with E-state index in [-0.39, 0.29) is 0 Å². The van der Waals surface area contributed by atoms with Gasteiger partial charge in [0.05, 0.1) is 0 Å². The zero-order valence-corrected chi connectivity index (χ0v) is 4.77. The molecule has 0 aromatic carbocycles. The van der Waals surface area contributed by atoms with Crippen molar-refractivity contribution in [2.24, 2.45) is 0 Å². The van der Waals surface area contributed by atoms with Gasteiger partial charge in [0.1, 0.15) is 0 Å². The second-order valence-electron chi connectivity index (χ2n) is 1.53. The summed E-state index contributed by atoms with van der Waals surface area (Å²) in [5, 5.41) is 0. The summed E-state index contributed by atoms with van der Waals surface area (Å²) >= 11 is 0. The Morgan fingerprint density at radius 1 is 1.43 bits per heavy atom. The van der Waals surface area contributed by atoms with E-state index in [0.717, 1.165) is 6.42 Å². The summed E-state index contributed by atoms with van der Waals surface area (Å²) in [4.78, 5) is 0. The monoisotopic (exact) mass is 120 g/mol. The van der Waals surface area contributed by atoms with Gasteiger partial charge in [-0.2, -0.15) is 0 Å². The molecule has 0 amide bonds. The summed E-state index contributed by atoms with van der Waals surface area (Å²) in [7, 11) is -0.829. The Morgan fingerprint density at radius 3 is 2.00 bits per heavy atom. The van der Waals surface area contributed by atoms with E-state index in [1.807, 2.05) is 6.92 Å². The minimum Gasteiger partial charge on any atom is -0.252 e. The van der Waals surface area contributed by atoms with Gasteiger partial charge in [-0.1, -0.05) is 6.92 Å². The van der Waals surface area contributed by atoms with Gasteiger partial charge in [0.2, 0.25) is 0 Å². The summed E-state index contributed by atoms with van der Waals surface area (Å²) < 4.78 is 15.0. The third-order valence-corrected chi connectivity index (χ3v) is 2.36. The zero-order chi connectivity index (χ0) is 4.91. The second-order valence-corrected chi connectivity index (χ2v) is 2.53. The molecule has 0 aromatic rings. The van der Waals surface area contributed by atoms with Crippen LogP contribution in [0.15, 0.2) is 0 Å². The molecule has 2 bridgehead atoms. The minimum absolute atomic E-state index is 0.564. The average molecular weight is 120 g/mol. The van der Waals surface area contributed by atoms with E-state index in [0.29, 0.717) is 0 Å². The van der Waals surface area contributed by atoms with Crippen LogP contribution in [-0.2, 0) is 13.6 Å². The van der Waals surface area contributed by atoms with E-state index in [1.54, 1.807) is 0 Å². The molecule has 7 heavy (non-hydrogen) atoms. The Morgan fingerprint density at radius 2 is 2.00 bits per heavy atom. The highest BCUT2D eigenvalue weighted by Gasteiger charge is 2.64. The van der Waals surface area contributed by atoms with E-state index in [4.69, 9.17) is 13.6 Å². The summed E-state index contributed by atoms with van der Waals surface area (Å²) in [5.41, 5.74) is 0. The van der Waals surface area contributed by atoms with Crippen molar-refractivity contribution < 1.29 is 13.6 Å². The molecule has 3 rings (SSSR count). The van der Waals surface area contributed by atoms with Crippen LogP contribution >= 0.6 is 8.60 Å². The maximum absolute atomic E-state index is 4.98. The third kappa shape index (κ3) is 0.350. The Kier molecular flexibility index (Phi) is 0.605. The van der Waals surface area contributed by atoms with Crippen molar-refractivity contribution in [2.45, 2.75) is 19.3 Å². The van der Waals surface area contributed by atoms with Gasteiger partial charge in [0.15, 0.2) is 0 Å². The van der Waals surface area contributed by atoms with Gasteiger partial charge in [0.25, 0.3) is 0 Å². The van der Waals surface area contributed by atoms with Crippen LogP contribution < -0.4 is 0 Å². The van der Waals surface area contributed by atoms with E-state index in [1.165, 1.54) is 0 Å². The van der Waals surface area contributed by atoms with E-state index < -0.39 is 14.6 Å². The van der Waals surface area contributed by atoms with Crippen LogP contribution in [0.25, 0.3) is 0 Å². The highest BCUT2D eigenvalue weighted by atomic mass is 31.2. The summed E-state index contributed by atoms with van der Waals surface area (Å²) in [5.74, 6) is -0.564. The van der Waals surface area contributed by atoms with E-state index in [9.17, 15) is 0 Å². The molecule has 0 N–H and O–H groups in total. The lowest BCUT2D eigenvalue weighted by Gasteiger charge is -2.54. The molecule has 0 unspecified atom stereocenters. The Labute approximate surface area is 42.6 Å². The molecular formula is C3H5O3P. The first-order chi connectivity index (χ1) is 3.35. The maximum Gasteiger partial charge on any atom is 0.346 e. The highest BCUT2D eigenvalue weighted by Crippen LogP contribution is 2.74. The predicted molar refractivity (Wildman–Crippen MR) is 23.2 cm³/mol. The lowest BCUT2D eigenvalue weighted by atomic mass is 10.4. The van der Waals surface area contributed by atoms with Gasteiger partial charge in [-0.3, -0.25) is 13.6 Å². The number of rotatable bonds is 1. The smallest absolute Gasteiger partial charge is 0.252 e. The van der Waals surface area contributed by atoms with Crippen molar-refractivity contribution >= 4 is 8.60 Å². The standard InChI is InChI=1S/C3H5O3P/c1-2-3-4-7(5-3)6-3/h2H2,1H3. The van der Waals surface area contributed by atoms with Gasteiger partial charge in [0, 0.05) is 6.42 Å². The molecule has 3 nitrogen and oxygen atoms in total. The molecule has 40 valence electrons. The van der Waals surface area contributed by atoms with Crippen molar-refractivity contribution in [3.63, 3.8) is 0 Å². The van der Waals surface area contributed by atoms with Crippen LogP contribution in [0.5, 0.6) is 0 Å². The predicted octanol–water partition coefficient (Wildman–Crippen LogP) is 1.35. The first-order valence-electron chi connectivity index (χ1n) is 2.22. The van der Waals surface area contributed by atoms with Gasteiger partial charge in [-0.15, -0.1) is 0 Å². The van der Waals surface area contributed by atoms with Gasteiger partial charge < -0.3 is 0 Å². The topological polar surface area (TPSA) is 27.7 Å². The minimum atomic E-state index is -0.829. The quantitative estimate of drug-likeness (QED) is 0.489. The van der Waals surface area contributed by atoms with Crippen LogP contribution in [0.3, 0.4) is 0 Å². The molecule has 0 spiro atoms. The van der Waals surface area contributed by atoms with Crippen molar-refractivity contribution in [2.75, 3.05) is 0 Å². The Balaban J connectivity index is 2.03. The van der Waals surface area contributed by atoms with Crippen LogP contribution in [0.1, 0.15) is 13.3 Å². The molecule has 3 fully saturated rings. The normalized spacial score (nSPS) is 55.3. The molecule has 0 radical (unpaired) electrons. The second kappa shape index (κ2) is 1.00.